The minimum absolute atomic E-state index is 0.149. The summed E-state index contributed by atoms with van der Waals surface area (Å²) < 4.78 is 11.2. The molecule has 1 atom stereocenters. The summed E-state index contributed by atoms with van der Waals surface area (Å²) in [6.45, 7) is 4.18. The molecule has 0 saturated carbocycles. The molecule has 8 nitrogen and oxygen atoms in total. The number of carbonyl (C=O) groups excluding carboxylic acids is 1. The molecule has 32 heavy (non-hydrogen) atoms. The van der Waals surface area contributed by atoms with Crippen molar-refractivity contribution in [3.05, 3.63) is 93.0 Å². The zero-order chi connectivity index (χ0) is 22.7. The van der Waals surface area contributed by atoms with Gasteiger partial charge in [0.1, 0.15) is 24.0 Å². The number of fused-ring (bicyclic) bond motifs is 1. The number of nitrogens with two attached hydrogens (primary N) is 1. The number of hydrogen-bond donors (Lipinski definition) is 3. The molecule has 0 saturated heterocycles. The molecule has 8 heteroatoms. The molecule has 2 aromatic carbocycles. The average molecular weight is 432 g/mol. The molecule has 164 valence electrons. The number of rotatable bonds is 6. The van der Waals surface area contributed by atoms with Crippen molar-refractivity contribution < 1.29 is 14.3 Å². The molecule has 1 unspecified atom stereocenters. The van der Waals surface area contributed by atoms with E-state index in [0.717, 1.165) is 11.1 Å². The van der Waals surface area contributed by atoms with Gasteiger partial charge in [-0.1, -0.05) is 42.5 Å². The number of nitrogen functional groups attached to an aromatic ring is 1. The number of ether oxygens (including phenoxy) is 2. The number of aromatic nitrogens is 2. The van der Waals surface area contributed by atoms with Gasteiger partial charge in [-0.05, 0) is 37.1 Å². The van der Waals surface area contributed by atoms with E-state index in [0.29, 0.717) is 35.0 Å². The number of esters is 1. The predicted octanol–water partition coefficient (Wildman–Crippen LogP) is 3.33. The smallest absolute Gasteiger partial charge is 0.348 e. The van der Waals surface area contributed by atoms with Crippen LogP contribution in [0.1, 0.15) is 36.5 Å². The highest BCUT2D eigenvalue weighted by Gasteiger charge is 2.36. The van der Waals surface area contributed by atoms with Crippen LogP contribution < -0.4 is 21.5 Å². The summed E-state index contributed by atoms with van der Waals surface area (Å²) in [6.07, 6.45) is 0. The first-order chi connectivity index (χ1) is 15.5. The lowest BCUT2D eigenvalue weighted by atomic mass is 9.82. The van der Waals surface area contributed by atoms with Crippen LogP contribution in [-0.4, -0.2) is 22.5 Å². The Kier molecular flexibility index (Phi) is 5.93. The number of nitrogens with one attached hydrogen (secondary N) is 2. The van der Waals surface area contributed by atoms with Gasteiger partial charge < -0.3 is 20.5 Å². The van der Waals surface area contributed by atoms with Gasteiger partial charge in [0.15, 0.2) is 0 Å². The molecule has 1 aromatic heterocycles. The Labute approximate surface area is 185 Å². The van der Waals surface area contributed by atoms with E-state index >= 15 is 0 Å². The molecule has 0 aliphatic carbocycles. The van der Waals surface area contributed by atoms with Crippen molar-refractivity contribution in [2.24, 2.45) is 0 Å². The summed E-state index contributed by atoms with van der Waals surface area (Å²) in [5.74, 6) is 0.154. The fraction of sp³-hybridized carbons (Fsp3) is 0.208. The number of benzene rings is 2. The third-order valence-electron chi connectivity index (χ3n) is 5.24. The first-order valence-corrected chi connectivity index (χ1v) is 10.3. The van der Waals surface area contributed by atoms with Crippen molar-refractivity contribution in [3.63, 3.8) is 0 Å². The first kappa shape index (κ1) is 21.2. The molecular formula is C24H24N4O4. The summed E-state index contributed by atoms with van der Waals surface area (Å²) in [6, 6.07) is 17.3. The Bertz CT molecular complexity index is 1220. The number of nitrogens with zero attached hydrogens (tertiary/aromatic N) is 1. The number of aromatic amines is 1. The van der Waals surface area contributed by atoms with Gasteiger partial charge in [-0.25, -0.2) is 9.59 Å². The molecule has 0 spiro atoms. The first-order valence-electron chi connectivity index (χ1n) is 10.3. The van der Waals surface area contributed by atoms with E-state index in [1.54, 1.807) is 13.8 Å². The number of anilines is 2. The van der Waals surface area contributed by atoms with E-state index in [9.17, 15) is 9.59 Å². The molecule has 0 amide bonds. The van der Waals surface area contributed by atoms with Crippen molar-refractivity contribution in [2.75, 3.05) is 17.7 Å². The molecule has 4 rings (SSSR count). The van der Waals surface area contributed by atoms with Crippen LogP contribution in [0.15, 0.2) is 70.7 Å². The van der Waals surface area contributed by atoms with Crippen LogP contribution in [0.2, 0.25) is 0 Å². The van der Waals surface area contributed by atoms with Crippen LogP contribution in [0, 0.1) is 0 Å². The fourth-order valence-corrected chi connectivity index (χ4v) is 3.80. The van der Waals surface area contributed by atoms with Gasteiger partial charge >= 0.3 is 11.7 Å². The summed E-state index contributed by atoms with van der Waals surface area (Å²) >= 11 is 0. The minimum Gasteiger partial charge on any atom is -0.489 e. The van der Waals surface area contributed by atoms with Crippen LogP contribution in [0.3, 0.4) is 0 Å². The van der Waals surface area contributed by atoms with Gasteiger partial charge in [0, 0.05) is 11.3 Å². The van der Waals surface area contributed by atoms with Crippen LogP contribution in [0.25, 0.3) is 0 Å². The second-order valence-electron chi connectivity index (χ2n) is 7.38. The predicted molar refractivity (Wildman–Crippen MR) is 121 cm³/mol. The SMILES string of the molecule is CCOC(=O)C1=C(C)Nc2nc(=O)[nH]c(N)c2C1c1ccc(OCc2ccccc2)cc1. The average Bonchev–Trinajstić information content (AvgIpc) is 2.77. The topological polar surface area (TPSA) is 119 Å². The second-order valence-corrected chi connectivity index (χ2v) is 7.38. The lowest BCUT2D eigenvalue weighted by Gasteiger charge is -2.29. The lowest BCUT2D eigenvalue weighted by Crippen LogP contribution is -2.29. The van der Waals surface area contributed by atoms with Gasteiger partial charge in [0.25, 0.3) is 0 Å². The van der Waals surface area contributed by atoms with Crippen molar-refractivity contribution in [1.29, 1.82) is 0 Å². The Morgan fingerprint density at radius 2 is 1.84 bits per heavy atom. The minimum atomic E-state index is -0.565. The van der Waals surface area contributed by atoms with Gasteiger partial charge in [0.2, 0.25) is 0 Å². The quantitative estimate of drug-likeness (QED) is 0.511. The molecule has 4 N–H and O–H groups in total. The van der Waals surface area contributed by atoms with Crippen LogP contribution in [0.4, 0.5) is 11.6 Å². The highest BCUT2D eigenvalue weighted by Crippen LogP contribution is 2.43. The molecule has 3 aromatic rings. The van der Waals surface area contributed by atoms with E-state index < -0.39 is 17.6 Å². The Hall–Kier alpha value is -4.07. The third-order valence-corrected chi connectivity index (χ3v) is 5.24. The summed E-state index contributed by atoms with van der Waals surface area (Å²) in [4.78, 5) is 31.2. The van der Waals surface area contributed by atoms with Crippen LogP contribution >= 0.6 is 0 Å². The zero-order valence-electron chi connectivity index (χ0n) is 17.8. The fourth-order valence-electron chi connectivity index (χ4n) is 3.80. The number of hydrogen-bond acceptors (Lipinski definition) is 7. The van der Waals surface area contributed by atoms with Crippen molar-refractivity contribution >= 4 is 17.6 Å². The third kappa shape index (κ3) is 4.20. The molecule has 1 aliphatic heterocycles. The van der Waals surface area contributed by atoms with Gasteiger partial charge in [-0.15, -0.1) is 0 Å². The zero-order valence-corrected chi connectivity index (χ0v) is 17.8. The van der Waals surface area contributed by atoms with E-state index in [-0.39, 0.29) is 12.4 Å². The van der Waals surface area contributed by atoms with E-state index in [1.807, 2.05) is 54.6 Å². The van der Waals surface area contributed by atoms with Gasteiger partial charge in [-0.3, -0.25) is 4.98 Å². The summed E-state index contributed by atoms with van der Waals surface area (Å²) in [5, 5.41) is 3.02. The van der Waals surface area contributed by atoms with Crippen molar-refractivity contribution in [1.82, 2.24) is 9.97 Å². The molecule has 1 aliphatic rings. The van der Waals surface area contributed by atoms with Crippen molar-refractivity contribution in [2.45, 2.75) is 26.4 Å². The number of carbonyl (C=O) groups is 1. The lowest BCUT2D eigenvalue weighted by molar-refractivity contribution is -0.138. The van der Waals surface area contributed by atoms with E-state index in [4.69, 9.17) is 15.2 Å². The van der Waals surface area contributed by atoms with Gasteiger partial charge in [-0.2, -0.15) is 4.98 Å². The highest BCUT2D eigenvalue weighted by molar-refractivity contribution is 5.95. The maximum atomic E-state index is 12.8. The summed E-state index contributed by atoms with van der Waals surface area (Å²) in [7, 11) is 0. The second kappa shape index (κ2) is 8.97. The Morgan fingerprint density at radius 3 is 2.53 bits per heavy atom. The molecule has 0 radical (unpaired) electrons. The summed E-state index contributed by atoms with van der Waals surface area (Å²) in [5.41, 5.74) is 8.95. The maximum Gasteiger partial charge on any atom is 0.348 e. The molecule has 0 bridgehead atoms. The number of H-pyrrole nitrogens is 1. The molecule has 0 fully saturated rings. The van der Waals surface area contributed by atoms with Gasteiger partial charge in [0.05, 0.1) is 18.1 Å². The standard InChI is InChI=1S/C24H24N4O4/c1-3-31-23(29)18-14(2)26-22-20(21(25)27-24(30)28-22)19(18)16-9-11-17(12-10-16)32-13-15-7-5-4-6-8-15/h4-12,19H,3,13H2,1-2H3,(H4,25,26,27,28,30). The van der Waals surface area contributed by atoms with E-state index in [2.05, 4.69) is 15.3 Å². The molecular weight excluding hydrogens is 408 g/mol. The highest BCUT2D eigenvalue weighted by atomic mass is 16.5. The molecule has 2 heterocycles. The van der Waals surface area contributed by atoms with Crippen molar-refractivity contribution in [3.8, 4) is 5.75 Å². The largest absolute Gasteiger partial charge is 0.489 e. The Balaban J connectivity index is 1.70. The van der Waals surface area contributed by atoms with Crippen LogP contribution in [0.5, 0.6) is 5.75 Å². The maximum absolute atomic E-state index is 12.8. The monoisotopic (exact) mass is 432 g/mol. The normalized spacial score (nSPS) is 15.0. The van der Waals surface area contributed by atoms with Crippen LogP contribution in [-0.2, 0) is 16.1 Å². The number of allylic oxidation sites excluding steroid dienone is 1. The van der Waals surface area contributed by atoms with E-state index in [1.165, 1.54) is 0 Å². The Morgan fingerprint density at radius 1 is 1.12 bits per heavy atom.